The van der Waals surface area contributed by atoms with Gasteiger partial charge in [-0.15, -0.1) is 0 Å². The summed E-state index contributed by atoms with van der Waals surface area (Å²) in [5.74, 6) is -2.39. The van der Waals surface area contributed by atoms with Crippen LogP contribution in [0.25, 0.3) is 11.4 Å². The number of nitrogens with zero attached hydrogens (tertiary/aromatic N) is 3. The number of carbonyl (C=O) groups is 2. The summed E-state index contributed by atoms with van der Waals surface area (Å²) in [6.45, 7) is 0. The van der Waals surface area contributed by atoms with Gasteiger partial charge in [-0.2, -0.15) is 17.7 Å². The normalized spacial score (nSPS) is 11.2. The van der Waals surface area contributed by atoms with Gasteiger partial charge >= 0.3 is 18.1 Å². The summed E-state index contributed by atoms with van der Waals surface area (Å²) < 4.78 is 41.3. The van der Waals surface area contributed by atoms with E-state index in [-0.39, 0.29) is 12.2 Å². The second-order valence-electron chi connectivity index (χ2n) is 4.72. The van der Waals surface area contributed by atoms with E-state index in [1.807, 2.05) is 16.7 Å². The van der Waals surface area contributed by atoms with E-state index in [2.05, 4.69) is 14.7 Å². The summed E-state index contributed by atoms with van der Waals surface area (Å²) in [7, 11) is 0. The second kappa shape index (κ2) is 8.56. The van der Waals surface area contributed by atoms with E-state index in [1.54, 1.807) is 30.9 Å². The Labute approximate surface area is 145 Å². The molecular formula is C15H13F3N3O3S+. The Balaban J connectivity index is 1.73. The molecule has 0 aliphatic heterocycles. The monoisotopic (exact) mass is 372 g/mol. The molecule has 0 atom stereocenters. The lowest BCUT2D eigenvalue weighted by molar-refractivity contribution is -0.675. The van der Waals surface area contributed by atoms with E-state index in [1.165, 1.54) is 11.8 Å². The molecule has 0 N–H and O–H groups in total. The Morgan fingerprint density at radius 3 is 2.40 bits per heavy atom. The maximum Gasteiger partial charge on any atom is 0.491 e. The maximum absolute atomic E-state index is 11.9. The van der Waals surface area contributed by atoms with Gasteiger partial charge in [0.2, 0.25) is 0 Å². The largest absolute Gasteiger partial charge is 0.491 e. The number of pyridine rings is 1. The lowest BCUT2D eigenvalue weighted by Crippen LogP contribution is -2.31. The van der Waals surface area contributed by atoms with Gasteiger partial charge in [0.1, 0.15) is 0 Å². The van der Waals surface area contributed by atoms with Crippen LogP contribution in [0.1, 0.15) is 6.42 Å². The predicted octanol–water partition coefficient (Wildman–Crippen LogP) is 2.14. The van der Waals surface area contributed by atoms with Crippen molar-refractivity contribution in [2.75, 3.05) is 5.75 Å². The van der Waals surface area contributed by atoms with Gasteiger partial charge in [-0.3, -0.25) is 4.79 Å². The van der Waals surface area contributed by atoms with Crippen LogP contribution in [0.15, 0.2) is 43.0 Å². The number of ether oxygens (including phenoxy) is 1. The predicted molar refractivity (Wildman–Crippen MR) is 81.9 cm³/mol. The fourth-order valence-corrected chi connectivity index (χ4v) is 2.50. The Kier molecular flexibility index (Phi) is 6.45. The van der Waals surface area contributed by atoms with E-state index in [4.69, 9.17) is 0 Å². The van der Waals surface area contributed by atoms with Gasteiger partial charge in [-0.25, -0.2) is 14.8 Å². The van der Waals surface area contributed by atoms with E-state index in [0.29, 0.717) is 11.7 Å². The summed E-state index contributed by atoms with van der Waals surface area (Å²) in [6, 6.07) is 5.37. The zero-order valence-corrected chi connectivity index (χ0v) is 13.6. The van der Waals surface area contributed by atoms with E-state index >= 15 is 0 Å². The number of halogens is 3. The van der Waals surface area contributed by atoms with Crippen molar-refractivity contribution in [3.63, 3.8) is 0 Å². The molecule has 0 radical (unpaired) electrons. The molecule has 0 bridgehead atoms. The molecule has 0 saturated heterocycles. The van der Waals surface area contributed by atoms with Gasteiger partial charge in [-0.1, -0.05) is 11.8 Å². The first kappa shape index (κ1) is 18.8. The Morgan fingerprint density at radius 2 is 1.80 bits per heavy atom. The van der Waals surface area contributed by atoms with Crippen molar-refractivity contribution in [3.8, 4) is 11.4 Å². The highest BCUT2D eigenvalue weighted by atomic mass is 32.2. The van der Waals surface area contributed by atoms with Crippen molar-refractivity contribution in [1.29, 1.82) is 0 Å². The highest BCUT2D eigenvalue weighted by Crippen LogP contribution is 2.17. The summed E-state index contributed by atoms with van der Waals surface area (Å²) in [5, 5.41) is 0. The highest BCUT2D eigenvalue weighted by molar-refractivity contribution is 7.98. The molecule has 2 aromatic heterocycles. The van der Waals surface area contributed by atoms with Crippen LogP contribution in [0.3, 0.4) is 0 Å². The molecule has 2 heterocycles. The van der Waals surface area contributed by atoms with Gasteiger partial charge in [0, 0.05) is 35.8 Å². The average molecular weight is 372 g/mol. The fraction of sp³-hybridized carbons (Fsp3) is 0.267. The van der Waals surface area contributed by atoms with Crippen LogP contribution in [-0.4, -0.2) is 33.8 Å². The molecule has 6 nitrogen and oxygen atoms in total. The number of alkyl halides is 3. The molecular weight excluding hydrogens is 359 g/mol. The third-order valence-electron chi connectivity index (χ3n) is 2.84. The lowest BCUT2D eigenvalue weighted by atomic mass is 10.2. The van der Waals surface area contributed by atoms with Crippen LogP contribution in [0.4, 0.5) is 13.2 Å². The molecule has 0 aliphatic carbocycles. The number of hydrogen-bond donors (Lipinski definition) is 0. The number of thioether (sulfide) groups is 1. The van der Waals surface area contributed by atoms with Crippen molar-refractivity contribution in [1.82, 2.24) is 9.97 Å². The van der Waals surface area contributed by atoms with Gasteiger partial charge in [0.05, 0.1) is 6.42 Å². The van der Waals surface area contributed by atoms with Crippen molar-refractivity contribution in [3.05, 3.63) is 43.0 Å². The number of rotatable bonds is 6. The maximum atomic E-state index is 11.9. The lowest BCUT2D eigenvalue weighted by Gasteiger charge is -2.05. The zero-order chi connectivity index (χ0) is 18.3. The molecule has 0 fully saturated rings. The van der Waals surface area contributed by atoms with Crippen molar-refractivity contribution < 1.29 is 32.1 Å². The van der Waals surface area contributed by atoms with Crippen LogP contribution >= 0.6 is 11.8 Å². The van der Waals surface area contributed by atoms with Crippen molar-refractivity contribution in [2.45, 2.75) is 18.5 Å². The zero-order valence-electron chi connectivity index (χ0n) is 12.8. The van der Waals surface area contributed by atoms with E-state index in [9.17, 15) is 22.8 Å². The topological polar surface area (TPSA) is 73.0 Å². The number of aromatic nitrogens is 3. The summed E-state index contributed by atoms with van der Waals surface area (Å²) >= 11 is 1.31. The third kappa shape index (κ3) is 6.14. The molecule has 25 heavy (non-hydrogen) atoms. The highest BCUT2D eigenvalue weighted by Gasteiger charge is 2.42. The Hall–Kier alpha value is -2.49. The molecule has 0 saturated carbocycles. The minimum atomic E-state index is -5.16. The second-order valence-corrected chi connectivity index (χ2v) is 5.79. The average Bonchev–Trinajstić information content (AvgIpc) is 2.59. The number of esters is 2. The summed E-state index contributed by atoms with van der Waals surface area (Å²) in [6.07, 6.45) is 1.42. The van der Waals surface area contributed by atoms with Gasteiger partial charge in [0.25, 0.3) is 0 Å². The quantitative estimate of drug-likeness (QED) is 0.335. The van der Waals surface area contributed by atoms with Gasteiger partial charge in [0.15, 0.2) is 24.1 Å². The minimum absolute atomic E-state index is 0.223. The molecule has 132 valence electrons. The smallest absolute Gasteiger partial charge is 0.386 e. The van der Waals surface area contributed by atoms with E-state index < -0.39 is 18.1 Å². The Morgan fingerprint density at radius 1 is 1.16 bits per heavy atom. The van der Waals surface area contributed by atoms with Crippen LogP contribution in [0, 0.1) is 0 Å². The first-order valence-corrected chi connectivity index (χ1v) is 8.18. The third-order valence-corrected chi connectivity index (χ3v) is 3.82. The standard InChI is InChI=1S/C15H13F3N3O3S/c16-15(17,18)14(23)24-12(22)4-9-25-10-21-7-2-11(3-8-21)13-19-5-1-6-20-13/h1-3,5-8H,4,9-10H2/q+1. The van der Waals surface area contributed by atoms with Crippen LogP contribution < -0.4 is 4.57 Å². The SMILES string of the molecule is O=C(CCSC[n+]1ccc(-c2ncccn2)cc1)OC(=O)C(F)(F)F. The first-order chi connectivity index (χ1) is 11.9. The molecule has 0 spiro atoms. The molecule has 0 aliphatic rings. The number of carbonyl (C=O) groups excluding carboxylic acids is 2. The van der Waals surface area contributed by atoms with E-state index in [0.717, 1.165) is 5.56 Å². The molecule has 0 unspecified atom stereocenters. The van der Waals surface area contributed by atoms with Crippen LogP contribution in [0.2, 0.25) is 0 Å². The van der Waals surface area contributed by atoms with Crippen molar-refractivity contribution >= 4 is 23.7 Å². The first-order valence-electron chi connectivity index (χ1n) is 7.02. The summed E-state index contributed by atoms with van der Waals surface area (Å²) in [5.41, 5.74) is 0.844. The summed E-state index contributed by atoms with van der Waals surface area (Å²) in [4.78, 5) is 29.9. The minimum Gasteiger partial charge on any atom is -0.386 e. The molecule has 0 amide bonds. The van der Waals surface area contributed by atoms with Crippen LogP contribution in [0.5, 0.6) is 0 Å². The fourth-order valence-electron chi connectivity index (χ4n) is 1.68. The van der Waals surface area contributed by atoms with Crippen molar-refractivity contribution in [2.24, 2.45) is 0 Å². The molecule has 2 aromatic rings. The number of hydrogen-bond acceptors (Lipinski definition) is 6. The molecule has 2 rings (SSSR count). The molecule has 0 aromatic carbocycles. The van der Waals surface area contributed by atoms with Gasteiger partial charge < -0.3 is 4.74 Å². The van der Waals surface area contributed by atoms with Crippen LogP contribution in [-0.2, 0) is 20.2 Å². The Bertz CT molecular complexity index is 724. The van der Waals surface area contributed by atoms with Gasteiger partial charge in [-0.05, 0) is 6.07 Å². The molecule has 10 heteroatoms.